The molecule has 162 valence electrons. The molecule has 1 unspecified atom stereocenters. The number of nitrogens with one attached hydrogen (secondary N) is 2. The molecule has 0 spiro atoms. The van der Waals surface area contributed by atoms with Gasteiger partial charge in [0.25, 0.3) is 5.09 Å². The summed E-state index contributed by atoms with van der Waals surface area (Å²) in [4.78, 5) is 33.7. The third-order valence-electron chi connectivity index (χ3n) is 3.93. The zero-order valence-corrected chi connectivity index (χ0v) is 16.4. The van der Waals surface area contributed by atoms with Crippen molar-refractivity contribution in [2.24, 2.45) is 0 Å². The van der Waals surface area contributed by atoms with Crippen molar-refractivity contribution < 1.29 is 29.4 Å². The summed E-state index contributed by atoms with van der Waals surface area (Å²) < 4.78 is 5.66. The number of nitrogens with zero attached hydrogens (tertiary/aromatic N) is 3. The molecule has 0 saturated carbocycles. The largest absolute Gasteiger partial charge is 0.490 e. The van der Waals surface area contributed by atoms with Gasteiger partial charge in [-0.2, -0.15) is 5.26 Å². The molecule has 0 aliphatic carbocycles. The molecule has 2 aromatic rings. The standard InChI is InChI=1S/C18H23N5O7/c1-13(24)22(29-7-8-30-23(26)27)6-5-20-11-15(25)12-28-18-4-2-3-17-16(18)9-14(10-19)21-17/h2-4,9,15,20-21,25H,5-8,11-12H2,1H3. The van der Waals surface area contributed by atoms with E-state index in [2.05, 4.69) is 15.1 Å². The number of hydroxylamine groups is 2. The van der Waals surface area contributed by atoms with Gasteiger partial charge in [-0.1, -0.05) is 6.07 Å². The molecule has 0 fully saturated rings. The van der Waals surface area contributed by atoms with Gasteiger partial charge in [0.05, 0.1) is 18.7 Å². The number of H-pyrrole nitrogens is 1. The van der Waals surface area contributed by atoms with Crippen molar-refractivity contribution in [3.63, 3.8) is 0 Å². The summed E-state index contributed by atoms with van der Waals surface area (Å²) in [5.74, 6) is 0.190. The number of aromatic nitrogens is 1. The number of fused-ring (bicyclic) bond motifs is 1. The molecule has 0 aliphatic rings. The Balaban J connectivity index is 1.70. The summed E-state index contributed by atoms with van der Waals surface area (Å²) in [5, 5.41) is 33.0. The highest BCUT2D eigenvalue weighted by molar-refractivity contribution is 5.87. The van der Waals surface area contributed by atoms with Crippen molar-refractivity contribution >= 4 is 16.8 Å². The lowest BCUT2D eigenvalue weighted by Crippen LogP contribution is -2.39. The zero-order valence-electron chi connectivity index (χ0n) is 16.4. The summed E-state index contributed by atoms with van der Waals surface area (Å²) in [6.07, 6.45) is -0.810. The molecule has 3 N–H and O–H groups in total. The molecule has 12 heteroatoms. The van der Waals surface area contributed by atoms with Crippen LogP contribution < -0.4 is 10.1 Å². The first-order valence-electron chi connectivity index (χ1n) is 9.12. The first kappa shape index (κ1) is 22.9. The fraction of sp³-hybridized carbons (Fsp3) is 0.444. The third kappa shape index (κ3) is 7.21. The normalized spacial score (nSPS) is 11.6. The van der Waals surface area contributed by atoms with Gasteiger partial charge in [0.1, 0.15) is 36.8 Å². The zero-order chi connectivity index (χ0) is 21.9. The van der Waals surface area contributed by atoms with Crippen LogP contribution in [0.2, 0.25) is 0 Å². The fourth-order valence-corrected chi connectivity index (χ4v) is 2.58. The Hall–Kier alpha value is -3.40. The Bertz CT molecular complexity index is 895. The fourth-order valence-electron chi connectivity index (χ4n) is 2.58. The van der Waals surface area contributed by atoms with Gasteiger partial charge in [0.15, 0.2) is 0 Å². The molecule has 2 rings (SSSR count). The van der Waals surface area contributed by atoms with Crippen LogP contribution in [0.1, 0.15) is 12.6 Å². The number of carbonyl (C=O) groups excluding carboxylic acids is 1. The molecule has 1 aromatic heterocycles. The van der Waals surface area contributed by atoms with Crippen molar-refractivity contribution in [2.75, 3.05) is 39.5 Å². The number of aliphatic hydroxyl groups is 1. The minimum absolute atomic E-state index is 0.0321. The van der Waals surface area contributed by atoms with Crippen LogP contribution in [0.15, 0.2) is 24.3 Å². The van der Waals surface area contributed by atoms with E-state index in [0.717, 1.165) is 16.0 Å². The van der Waals surface area contributed by atoms with Crippen LogP contribution in [-0.4, -0.2) is 71.7 Å². The van der Waals surface area contributed by atoms with E-state index in [-0.39, 0.29) is 38.8 Å². The highest BCUT2D eigenvalue weighted by Gasteiger charge is 2.12. The molecule has 0 radical (unpaired) electrons. The van der Waals surface area contributed by atoms with Crippen LogP contribution in [0, 0.1) is 21.4 Å². The van der Waals surface area contributed by atoms with Gasteiger partial charge in [0, 0.05) is 25.4 Å². The van der Waals surface area contributed by atoms with Crippen molar-refractivity contribution in [3.05, 3.63) is 40.1 Å². The van der Waals surface area contributed by atoms with E-state index in [9.17, 15) is 20.0 Å². The minimum atomic E-state index is -0.939. The smallest absolute Gasteiger partial charge is 0.294 e. The van der Waals surface area contributed by atoms with Crippen molar-refractivity contribution in [1.82, 2.24) is 15.4 Å². The van der Waals surface area contributed by atoms with Crippen LogP contribution in [0.25, 0.3) is 10.9 Å². The van der Waals surface area contributed by atoms with E-state index in [4.69, 9.17) is 14.8 Å². The van der Waals surface area contributed by atoms with E-state index >= 15 is 0 Å². The number of carbonyl (C=O) groups is 1. The lowest BCUT2D eigenvalue weighted by Gasteiger charge is -2.21. The molecule has 30 heavy (non-hydrogen) atoms. The number of ether oxygens (including phenoxy) is 1. The number of amides is 1. The molecule has 1 heterocycles. The summed E-state index contributed by atoms with van der Waals surface area (Å²) in [6.45, 7) is 1.62. The van der Waals surface area contributed by atoms with Gasteiger partial charge >= 0.3 is 0 Å². The number of hydrogen-bond acceptors (Lipinski definition) is 9. The second kappa shape index (κ2) is 11.6. The summed E-state index contributed by atoms with van der Waals surface area (Å²) in [7, 11) is 0. The summed E-state index contributed by atoms with van der Waals surface area (Å²) >= 11 is 0. The van der Waals surface area contributed by atoms with Crippen LogP contribution in [0.4, 0.5) is 0 Å². The topological polar surface area (TPSA) is 163 Å². The number of aliphatic hydroxyl groups excluding tert-OH is 1. The third-order valence-corrected chi connectivity index (χ3v) is 3.93. The number of hydrogen-bond donors (Lipinski definition) is 3. The SMILES string of the molecule is CC(=O)N(CCNCC(O)COc1cccc2[nH]c(C#N)cc12)OCCO[N+](=O)[O-]. The highest BCUT2D eigenvalue weighted by atomic mass is 17.0. The van der Waals surface area contributed by atoms with Crippen molar-refractivity contribution in [3.8, 4) is 11.8 Å². The average molecular weight is 421 g/mol. The first-order chi connectivity index (χ1) is 14.4. The van der Waals surface area contributed by atoms with Gasteiger partial charge in [0.2, 0.25) is 5.91 Å². The van der Waals surface area contributed by atoms with Gasteiger partial charge in [-0.25, -0.2) is 5.06 Å². The van der Waals surface area contributed by atoms with Crippen LogP contribution >= 0.6 is 0 Å². The van der Waals surface area contributed by atoms with Crippen molar-refractivity contribution in [1.29, 1.82) is 5.26 Å². The van der Waals surface area contributed by atoms with Crippen LogP contribution in [0.3, 0.4) is 0 Å². The molecular formula is C18H23N5O7. The summed E-state index contributed by atoms with van der Waals surface area (Å²) in [5.41, 5.74) is 1.19. The molecule has 1 amide bonds. The molecule has 0 saturated heterocycles. The van der Waals surface area contributed by atoms with E-state index in [1.54, 1.807) is 18.2 Å². The maximum Gasteiger partial charge on any atom is 0.294 e. The minimum Gasteiger partial charge on any atom is -0.490 e. The predicted octanol–water partition coefficient (Wildman–Crippen LogP) is 0.357. The van der Waals surface area contributed by atoms with E-state index < -0.39 is 11.2 Å². The quantitative estimate of drug-likeness (QED) is 0.235. The Morgan fingerprint density at radius 3 is 2.97 bits per heavy atom. The van der Waals surface area contributed by atoms with Gasteiger partial charge < -0.3 is 25.0 Å². The molecule has 1 aromatic carbocycles. The Labute approximate surface area is 172 Å². The van der Waals surface area contributed by atoms with Gasteiger partial charge in [-0.3, -0.25) is 9.63 Å². The van der Waals surface area contributed by atoms with Crippen LogP contribution in [-0.2, 0) is 14.5 Å². The van der Waals surface area contributed by atoms with E-state index in [1.807, 2.05) is 12.1 Å². The lowest BCUT2D eigenvalue weighted by molar-refractivity contribution is -0.758. The number of benzene rings is 1. The van der Waals surface area contributed by atoms with E-state index in [0.29, 0.717) is 18.0 Å². The Morgan fingerprint density at radius 2 is 2.27 bits per heavy atom. The van der Waals surface area contributed by atoms with E-state index in [1.165, 1.54) is 6.92 Å². The highest BCUT2D eigenvalue weighted by Crippen LogP contribution is 2.26. The monoisotopic (exact) mass is 421 g/mol. The number of aromatic amines is 1. The predicted molar refractivity (Wildman–Crippen MR) is 104 cm³/mol. The number of rotatable bonds is 13. The van der Waals surface area contributed by atoms with Gasteiger partial charge in [-0.15, -0.1) is 10.1 Å². The summed E-state index contributed by atoms with van der Waals surface area (Å²) in [6, 6.07) is 9.08. The van der Waals surface area contributed by atoms with Crippen LogP contribution in [0.5, 0.6) is 5.75 Å². The first-order valence-corrected chi connectivity index (χ1v) is 9.12. The van der Waals surface area contributed by atoms with Gasteiger partial charge in [-0.05, 0) is 18.2 Å². The maximum atomic E-state index is 11.5. The maximum absolute atomic E-state index is 11.5. The lowest BCUT2D eigenvalue weighted by atomic mass is 10.2. The Morgan fingerprint density at radius 1 is 1.47 bits per heavy atom. The van der Waals surface area contributed by atoms with Crippen molar-refractivity contribution in [2.45, 2.75) is 13.0 Å². The average Bonchev–Trinajstić information content (AvgIpc) is 3.14. The molecule has 0 bridgehead atoms. The second-order valence-electron chi connectivity index (χ2n) is 6.19. The Kier molecular flexibility index (Phi) is 8.82. The molecular weight excluding hydrogens is 398 g/mol. The molecule has 0 aliphatic heterocycles. The molecule has 12 nitrogen and oxygen atoms in total. The molecule has 1 atom stereocenters. The second-order valence-corrected chi connectivity index (χ2v) is 6.19. The number of nitriles is 1.